The van der Waals surface area contributed by atoms with Crippen LogP contribution in [0.25, 0.3) is 0 Å². The van der Waals surface area contributed by atoms with Gasteiger partial charge in [0.05, 0.1) is 6.61 Å². The molecular weight excluding hydrogens is 226 g/mol. The highest BCUT2D eigenvalue weighted by Gasteiger charge is 1.95. The maximum absolute atomic E-state index is 5.83. The molecule has 0 atom stereocenters. The van der Waals surface area contributed by atoms with Gasteiger partial charge in [0.15, 0.2) is 0 Å². The van der Waals surface area contributed by atoms with Crippen molar-refractivity contribution in [2.75, 3.05) is 26.4 Å². The summed E-state index contributed by atoms with van der Waals surface area (Å²) in [4.78, 5) is 0. The first-order valence-corrected chi connectivity index (χ1v) is 5.87. The quantitative estimate of drug-likeness (QED) is 0.714. The van der Waals surface area contributed by atoms with E-state index < -0.39 is 0 Å². The standard InChI is InChI=1S/C12H18ClNO2/c13-11-4-1-5-12(10-11)16-9-3-8-15-7-2-6-14/h1,4-5,10H,2-3,6-9,14H2. The molecule has 0 heterocycles. The molecule has 0 bridgehead atoms. The van der Waals surface area contributed by atoms with Crippen LogP contribution in [0.3, 0.4) is 0 Å². The zero-order valence-corrected chi connectivity index (χ0v) is 10.1. The van der Waals surface area contributed by atoms with Gasteiger partial charge in [-0.25, -0.2) is 0 Å². The fraction of sp³-hybridized carbons (Fsp3) is 0.500. The van der Waals surface area contributed by atoms with Gasteiger partial charge in [-0.15, -0.1) is 0 Å². The van der Waals surface area contributed by atoms with Gasteiger partial charge in [0.1, 0.15) is 5.75 Å². The first-order valence-electron chi connectivity index (χ1n) is 5.49. The maximum Gasteiger partial charge on any atom is 0.120 e. The van der Waals surface area contributed by atoms with E-state index in [9.17, 15) is 0 Å². The molecule has 0 radical (unpaired) electrons. The summed E-state index contributed by atoms with van der Waals surface area (Å²) in [6.45, 7) is 2.76. The third-order valence-electron chi connectivity index (χ3n) is 1.99. The van der Waals surface area contributed by atoms with Gasteiger partial charge in [0, 0.05) is 24.7 Å². The Kier molecular flexibility index (Phi) is 6.97. The predicted molar refractivity (Wildman–Crippen MR) is 66.1 cm³/mol. The number of hydrogen-bond acceptors (Lipinski definition) is 3. The van der Waals surface area contributed by atoms with Gasteiger partial charge in [-0.05, 0) is 31.2 Å². The highest BCUT2D eigenvalue weighted by molar-refractivity contribution is 6.30. The number of ether oxygens (including phenoxy) is 2. The molecule has 4 heteroatoms. The summed E-state index contributed by atoms with van der Waals surface area (Å²) >= 11 is 5.83. The van der Waals surface area contributed by atoms with Crippen molar-refractivity contribution >= 4 is 11.6 Å². The highest BCUT2D eigenvalue weighted by Crippen LogP contribution is 2.16. The second-order valence-corrected chi connectivity index (χ2v) is 3.85. The number of halogens is 1. The van der Waals surface area contributed by atoms with E-state index in [-0.39, 0.29) is 0 Å². The van der Waals surface area contributed by atoms with Gasteiger partial charge in [-0.2, -0.15) is 0 Å². The van der Waals surface area contributed by atoms with Crippen molar-refractivity contribution in [3.05, 3.63) is 29.3 Å². The van der Waals surface area contributed by atoms with Gasteiger partial charge >= 0.3 is 0 Å². The highest BCUT2D eigenvalue weighted by atomic mass is 35.5. The van der Waals surface area contributed by atoms with E-state index in [1.165, 1.54) is 0 Å². The lowest BCUT2D eigenvalue weighted by Gasteiger charge is -2.06. The largest absolute Gasteiger partial charge is 0.493 e. The van der Waals surface area contributed by atoms with Crippen LogP contribution in [-0.2, 0) is 4.74 Å². The molecule has 0 aromatic heterocycles. The van der Waals surface area contributed by atoms with E-state index in [1.54, 1.807) is 6.07 Å². The lowest BCUT2D eigenvalue weighted by Crippen LogP contribution is -2.07. The van der Waals surface area contributed by atoms with Gasteiger partial charge in [0.2, 0.25) is 0 Å². The average Bonchev–Trinajstić information content (AvgIpc) is 2.28. The summed E-state index contributed by atoms with van der Waals surface area (Å²) in [5.41, 5.74) is 5.34. The Morgan fingerprint density at radius 1 is 1.12 bits per heavy atom. The number of benzene rings is 1. The van der Waals surface area contributed by atoms with E-state index >= 15 is 0 Å². The molecule has 16 heavy (non-hydrogen) atoms. The summed E-state index contributed by atoms with van der Waals surface area (Å²) < 4.78 is 10.9. The Morgan fingerprint density at radius 2 is 1.94 bits per heavy atom. The van der Waals surface area contributed by atoms with Crippen LogP contribution in [0.4, 0.5) is 0 Å². The van der Waals surface area contributed by atoms with E-state index in [4.69, 9.17) is 26.8 Å². The molecule has 0 unspecified atom stereocenters. The molecule has 0 saturated heterocycles. The minimum absolute atomic E-state index is 0.642. The third kappa shape index (κ3) is 5.95. The van der Waals surface area contributed by atoms with E-state index in [0.717, 1.165) is 25.2 Å². The fourth-order valence-corrected chi connectivity index (χ4v) is 1.38. The van der Waals surface area contributed by atoms with Crippen LogP contribution in [-0.4, -0.2) is 26.4 Å². The first-order chi connectivity index (χ1) is 7.83. The van der Waals surface area contributed by atoms with Crippen LogP contribution in [0.5, 0.6) is 5.75 Å². The number of nitrogens with two attached hydrogens (primary N) is 1. The lowest BCUT2D eigenvalue weighted by atomic mass is 10.3. The summed E-state index contributed by atoms with van der Waals surface area (Å²) in [7, 11) is 0. The van der Waals surface area contributed by atoms with E-state index in [2.05, 4.69) is 0 Å². The summed E-state index contributed by atoms with van der Waals surface area (Å²) in [5.74, 6) is 0.800. The van der Waals surface area contributed by atoms with Crippen LogP contribution in [0, 0.1) is 0 Å². The molecule has 0 saturated carbocycles. The predicted octanol–water partition coefficient (Wildman–Crippen LogP) is 2.47. The Hall–Kier alpha value is -0.770. The summed E-state index contributed by atoms with van der Waals surface area (Å²) in [6, 6.07) is 7.39. The van der Waals surface area contributed by atoms with Crippen molar-refractivity contribution in [2.45, 2.75) is 12.8 Å². The van der Waals surface area contributed by atoms with Crippen molar-refractivity contribution in [1.29, 1.82) is 0 Å². The van der Waals surface area contributed by atoms with Crippen LogP contribution in [0.2, 0.25) is 5.02 Å². The smallest absolute Gasteiger partial charge is 0.120 e. The molecule has 1 aromatic carbocycles. The van der Waals surface area contributed by atoms with Gasteiger partial charge < -0.3 is 15.2 Å². The third-order valence-corrected chi connectivity index (χ3v) is 2.23. The second-order valence-electron chi connectivity index (χ2n) is 3.41. The summed E-state index contributed by atoms with van der Waals surface area (Å²) in [6.07, 6.45) is 1.78. The lowest BCUT2D eigenvalue weighted by molar-refractivity contribution is 0.118. The number of hydrogen-bond donors (Lipinski definition) is 1. The minimum atomic E-state index is 0.642. The molecular formula is C12H18ClNO2. The monoisotopic (exact) mass is 243 g/mol. The molecule has 3 nitrogen and oxygen atoms in total. The molecule has 0 aliphatic rings. The molecule has 0 amide bonds. The maximum atomic E-state index is 5.83. The zero-order valence-electron chi connectivity index (χ0n) is 9.32. The zero-order chi connectivity index (χ0) is 11.6. The van der Waals surface area contributed by atoms with Crippen molar-refractivity contribution in [1.82, 2.24) is 0 Å². The van der Waals surface area contributed by atoms with E-state index in [1.807, 2.05) is 18.2 Å². The molecule has 0 aliphatic heterocycles. The molecule has 1 aromatic rings. The van der Waals surface area contributed by atoms with Crippen molar-refractivity contribution < 1.29 is 9.47 Å². The van der Waals surface area contributed by atoms with Crippen LogP contribution in [0.15, 0.2) is 24.3 Å². The molecule has 0 fully saturated rings. The van der Waals surface area contributed by atoms with Crippen LogP contribution in [0.1, 0.15) is 12.8 Å². The van der Waals surface area contributed by atoms with Crippen molar-refractivity contribution in [3.63, 3.8) is 0 Å². The Bertz CT molecular complexity index is 294. The average molecular weight is 244 g/mol. The van der Waals surface area contributed by atoms with Gasteiger partial charge in [-0.3, -0.25) is 0 Å². The topological polar surface area (TPSA) is 44.5 Å². The molecule has 2 N–H and O–H groups in total. The number of rotatable bonds is 8. The molecule has 0 aliphatic carbocycles. The molecule has 90 valence electrons. The van der Waals surface area contributed by atoms with Gasteiger partial charge in [-0.1, -0.05) is 17.7 Å². The fourth-order valence-electron chi connectivity index (χ4n) is 1.20. The first kappa shape index (κ1) is 13.3. The normalized spacial score (nSPS) is 10.4. The Balaban J connectivity index is 2.03. The van der Waals surface area contributed by atoms with Gasteiger partial charge in [0.25, 0.3) is 0 Å². The van der Waals surface area contributed by atoms with Crippen molar-refractivity contribution in [3.8, 4) is 5.75 Å². The summed E-state index contributed by atoms with van der Waals surface area (Å²) in [5, 5.41) is 0.691. The molecule has 0 spiro atoms. The van der Waals surface area contributed by atoms with Crippen LogP contribution < -0.4 is 10.5 Å². The van der Waals surface area contributed by atoms with E-state index in [0.29, 0.717) is 24.8 Å². The second kappa shape index (κ2) is 8.39. The van der Waals surface area contributed by atoms with Crippen LogP contribution >= 0.6 is 11.6 Å². The Morgan fingerprint density at radius 3 is 2.69 bits per heavy atom. The van der Waals surface area contributed by atoms with Crippen molar-refractivity contribution in [2.24, 2.45) is 5.73 Å². The SMILES string of the molecule is NCCCOCCCOc1cccc(Cl)c1. The minimum Gasteiger partial charge on any atom is -0.493 e. The molecule has 1 rings (SSSR count). The Labute approximate surface area is 101 Å².